The Kier molecular flexibility index (Phi) is 6.22. The van der Waals surface area contributed by atoms with Crippen molar-refractivity contribution in [2.45, 2.75) is 26.1 Å². The predicted octanol–water partition coefficient (Wildman–Crippen LogP) is 6.05. The number of amides is 1. The average molecular weight is 449 g/mol. The van der Waals surface area contributed by atoms with Crippen LogP contribution in [0.1, 0.15) is 41.5 Å². The van der Waals surface area contributed by atoms with Gasteiger partial charge in [0.25, 0.3) is 5.91 Å². The van der Waals surface area contributed by atoms with Crippen molar-refractivity contribution in [1.82, 2.24) is 9.78 Å². The first-order valence-corrected chi connectivity index (χ1v) is 9.41. The first-order chi connectivity index (χ1) is 14.6. The number of carbonyl (C=O) groups is 1. The molecule has 0 aliphatic heterocycles. The van der Waals surface area contributed by atoms with Gasteiger partial charge in [-0.2, -0.15) is 23.5 Å². The Bertz CT molecular complexity index is 1150. The van der Waals surface area contributed by atoms with E-state index in [4.69, 9.17) is 21.6 Å². The second-order valence-corrected chi connectivity index (χ2v) is 7.19. The van der Waals surface area contributed by atoms with Crippen molar-refractivity contribution in [3.8, 4) is 17.6 Å². The van der Waals surface area contributed by atoms with Gasteiger partial charge in [-0.3, -0.25) is 9.48 Å². The number of nitriles is 1. The lowest BCUT2D eigenvalue weighted by molar-refractivity contribution is -0.145. The van der Waals surface area contributed by atoms with Crippen molar-refractivity contribution in [3.63, 3.8) is 0 Å². The van der Waals surface area contributed by atoms with Gasteiger partial charge in [-0.15, -0.1) is 0 Å². The Morgan fingerprint density at radius 1 is 1.23 bits per heavy atom. The van der Waals surface area contributed by atoms with Crippen LogP contribution in [0.4, 0.5) is 18.9 Å². The summed E-state index contributed by atoms with van der Waals surface area (Å²) in [6.07, 6.45) is -3.86. The Labute approximate surface area is 180 Å². The van der Waals surface area contributed by atoms with Gasteiger partial charge in [-0.25, -0.2) is 0 Å². The molecule has 1 aromatic heterocycles. The van der Waals surface area contributed by atoms with Gasteiger partial charge in [0.05, 0.1) is 28.4 Å². The van der Waals surface area contributed by atoms with Gasteiger partial charge in [-0.1, -0.05) is 11.6 Å². The van der Waals surface area contributed by atoms with E-state index in [1.165, 1.54) is 32.0 Å². The van der Waals surface area contributed by atoms with E-state index in [0.29, 0.717) is 11.3 Å². The molecule has 0 saturated heterocycles. The zero-order valence-electron chi connectivity index (χ0n) is 16.4. The lowest BCUT2D eigenvalue weighted by atomic mass is 10.2. The zero-order valence-corrected chi connectivity index (χ0v) is 17.1. The summed E-state index contributed by atoms with van der Waals surface area (Å²) in [5.41, 5.74) is -1.05. The quantitative estimate of drug-likeness (QED) is 0.515. The molecule has 1 amide bonds. The van der Waals surface area contributed by atoms with Crippen molar-refractivity contribution >= 4 is 23.2 Å². The molecule has 0 spiro atoms. The Morgan fingerprint density at radius 3 is 2.45 bits per heavy atom. The lowest BCUT2D eigenvalue weighted by Crippen LogP contribution is -2.22. The smallest absolute Gasteiger partial charge is 0.433 e. The fourth-order valence-electron chi connectivity index (χ4n) is 2.79. The SMILES string of the molecule is CC(C)n1ncc(C(=O)Nc2ccc(Oc3ccc(C#N)cc3)c(Cl)c2)c1C(F)(F)F. The molecule has 0 atom stereocenters. The van der Waals surface area contributed by atoms with E-state index in [9.17, 15) is 18.0 Å². The number of nitrogens with one attached hydrogen (secondary N) is 1. The second kappa shape index (κ2) is 8.70. The number of hydrogen-bond acceptors (Lipinski definition) is 4. The Morgan fingerprint density at radius 2 is 1.90 bits per heavy atom. The minimum atomic E-state index is -4.75. The highest BCUT2D eigenvalue weighted by molar-refractivity contribution is 6.32. The van der Waals surface area contributed by atoms with Crippen LogP contribution in [0.5, 0.6) is 11.5 Å². The molecule has 3 aromatic rings. The molecule has 0 radical (unpaired) electrons. The molecule has 1 heterocycles. The summed E-state index contributed by atoms with van der Waals surface area (Å²) < 4.78 is 46.8. The second-order valence-electron chi connectivity index (χ2n) is 6.78. The Balaban J connectivity index is 1.80. The molecule has 1 N–H and O–H groups in total. The number of benzene rings is 2. The van der Waals surface area contributed by atoms with E-state index in [1.807, 2.05) is 6.07 Å². The van der Waals surface area contributed by atoms with E-state index in [0.717, 1.165) is 10.9 Å². The van der Waals surface area contributed by atoms with Gasteiger partial charge in [0.1, 0.15) is 11.5 Å². The third-order valence-corrected chi connectivity index (χ3v) is 4.49. The van der Waals surface area contributed by atoms with E-state index in [2.05, 4.69) is 10.4 Å². The van der Waals surface area contributed by atoms with E-state index in [1.54, 1.807) is 24.3 Å². The highest BCUT2D eigenvalue weighted by Crippen LogP contribution is 2.35. The molecule has 0 aliphatic rings. The molecule has 0 saturated carbocycles. The van der Waals surface area contributed by atoms with Gasteiger partial charge in [-0.05, 0) is 56.3 Å². The van der Waals surface area contributed by atoms with Crippen LogP contribution >= 0.6 is 11.6 Å². The monoisotopic (exact) mass is 448 g/mol. The molecule has 0 unspecified atom stereocenters. The topological polar surface area (TPSA) is 79.9 Å². The van der Waals surface area contributed by atoms with Crippen molar-refractivity contribution < 1.29 is 22.7 Å². The third-order valence-electron chi connectivity index (χ3n) is 4.20. The van der Waals surface area contributed by atoms with Crippen LogP contribution in [0.2, 0.25) is 5.02 Å². The normalized spacial score (nSPS) is 11.3. The number of aromatic nitrogens is 2. The summed E-state index contributed by atoms with van der Waals surface area (Å²) >= 11 is 6.19. The average Bonchev–Trinajstić information content (AvgIpc) is 3.17. The maximum Gasteiger partial charge on any atom is 0.433 e. The number of carbonyl (C=O) groups excluding carboxylic acids is 1. The van der Waals surface area contributed by atoms with Crippen LogP contribution in [0.25, 0.3) is 0 Å². The number of nitrogens with zero attached hydrogens (tertiary/aromatic N) is 3. The summed E-state index contributed by atoms with van der Waals surface area (Å²) in [7, 11) is 0. The van der Waals surface area contributed by atoms with Crippen molar-refractivity contribution in [2.75, 3.05) is 5.32 Å². The highest BCUT2D eigenvalue weighted by Gasteiger charge is 2.40. The van der Waals surface area contributed by atoms with Crippen LogP contribution in [0, 0.1) is 11.3 Å². The summed E-state index contributed by atoms with van der Waals surface area (Å²) in [4.78, 5) is 12.5. The molecule has 31 heavy (non-hydrogen) atoms. The number of anilines is 1. The number of hydrogen-bond donors (Lipinski definition) is 1. The molecular weight excluding hydrogens is 433 g/mol. The number of halogens is 4. The van der Waals surface area contributed by atoms with Gasteiger partial charge >= 0.3 is 6.18 Å². The largest absolute Gasteiger partial charge is 0.456 e. The minimum absolute atomic E-state index is 0.135. The standard InChI is InChI=1S/C21H16ClF3N4O2/c1-12(2)29-19(21(23,24)25)16(11-27-29)20(30)28-14-5-8-18(17(22)9-14)31-15-6-3-13(10-26)4-7-15/h3-9,11-12H,1-2H3,(H,28,30). The minimum Gasteiger partial charge on any atom is -0.456 e. The van der Waals surface area contributed by atoms with Gasteiger partial charge in [0.2, 0.25) is 0 Å². The predicted molar refractivity (Wildman–Crippen MR) is 108 cm³/mol. The van der Waals surface area contributed by atoms with Crippen LogP contribution in [-0.2, 0) is 6.18 Å². The fraction of sp³-hybridized carbons (Fsp3) is 0.190. The van der Waals surface area contributed by atoms with Crippen molar-refractivity contribution in [1.29, 1.82) is 5.26 Å². The van der Waals surface area contributed by atoms with Gasteiger partial charge in [0, 0.05) is 11.7 Å². The molecule has 0 fully saturated rings. The zero-order chi connectivity index (χ0) is 22.8. The van der Waals surface area contributed by atoms with Crippen LogP contribution in [0.3, 0.4) is 0 Å². The molecule has 0 aliphatic carbocycles. The van der Waals surface area contributed by atoms with Crippen LogP contribution < -0.4 is 10.1 Å². The first-order valence-electron chi connectivity index (χ1n) is 9.03. The van der Waals surface area contributed by atoms with Crippen LogP contribution in [-0.4, -0.2) is 15.7 Å². The van der Waals surface area contributed by atoms with Gasteiger partial charge in [0.15, 0.2) is 5.69 Å². The van der Waals surface area contributed by atoms with Gasteiger partial charge < -0.3 is 10.1 Å². The van der Waals surface area contributed by atoms with Crippen molar-refractivity contribution in [3.05, 3.63) is 70.5 Å². The third kappa shape index (κ3) is 4.98. The maximum absolute atomic E-state index is 13.5. The number of rotatable bonds is 5. The van der Waals surface area contributed by atoms with E-state index in [-0.39, 0.29) is 16.5 Å². The van der Waals surface area contributed by atoms with Crippen molar-refractivity contribution in [2.24, 2.45) is 0 Å². The van der Waals surface area contributed by atoms with E-state index >= 15 is 0 Å². The molecule has 0 bridgehead atoms. The molecule has 6 nitrogen and oxygen atoms in total. The summed E-state index contributed by atoms with van der Waals surface area (Å²) in [5, 5.41) is 15.1. The number of ether oxygens (including phenoxy) is 1. The van der Waals surface area contributed by atoms with Crippen LogP contribution in [0.15, 0.2) is 48.7 Å². The first kappa shape index (κ1) is 22.2. The highest BCUT2D eigenvalue weighted by atomic mass is 35.5. The maximum atomic E-state index is 13.5. The molecule has 10 heteroatoms. The fourth-order valence-corrected chi connectivity index (χ4v) is 3.01. The summed E-state index contributed by atoms with van der Waals surface area (Å²) in [5.74, 6) is -0.252. The summed E-state index contributed by atoms with van der Waals surface area (Å²) in [6.45, 7) is 3.08. The lowest BCUT2D eigenvalue weighted by Gasteiger charge is -2.15. The summed E-state index contributed by atoms with van der Waals surface area (Å²) in [6, 6.07) is 12.0. The number of alkyl halides is 3. The molecule has 3 rings (SSSR count). The Hall–Kier alpha value is -3.51. The molecule has 2 aromatic carbocycles. The molecular formula is C21H16ClF3N4O2. The van der Waals surface area contributed by atoms with E-state index < -0.39 is 29.4 Å². The molecule has 160 valence electrons.